The first kappa shape index (κ1) is 19.0. The predicted molar refractivity (Wildman–Crippen MR) is 82.4 cm³/mol. The van der Waals surface area contributed by atoms with Crippen molar-refractivity contribution < 1.29 is 32.4 Å². The maximum atomic E-state index is 13.1. The van der Waals surface area contributed by atoms with Crippen LogP contribution in [0.3, 0.4) is 0 Å². The van der Waals surface area contributed by atoms with Gasteiger partial charge in [-0.2, -0.15) is 13.2 Å². The molecule has 1 aromatic heterocycles. The summed E-state index contributed by atoms with van der Waals surface area (Å²) in [6.45, 7) is 1.18. The van der Waals surface area contributed by atoms with Gasteiger partial charge in [-0.25, -0.2) is 4.79 Å². The highest BCUT2D eigenvalue weighted by Gasteiger charge is 2.36. The number of halogens is 3. The van der Waals surface area contributed by atoms with Gasteiger partial charge >= 0.3 is 12.1 Å². The number of carbonyl (C=O) groups excluding carboxylic acids is 2. The van der Waals surface area contributed by atoms with Gasteiger partial charge in [0.1, 0.15) is 5.69 Å². The molecule has 8 nitrogen and oxygen atoms in total. The van der Waals surface area contributed by atoms with Gasteiger partial charge in [-0.15, -0.1) is 0 Å². The van der Waals surface area contributed by atoms with Crippen molar-refractivity contribution in [2.45, 2.75) is 19.2 Å². The number of carbonyl (C=O) groups is 2. The minimum absolute atomic E-state index is 0.0657. The summed E-state index contributed by atoms with van der Waals surface area (Å²) in [5.41, 5.74) is -2.78. The van der Waals surface area contributed by atoms with Crippen molar-refractivity contribution in [3.05, 3.63) is 57.9 Å². The lowest BCUT2D eigenvalue weighted by atomic mass is 10.1. The Labute approximate surface area is 144 Å². The number of alkyl halides is 3. The lowest BCUT2D eigenvalue weighted by Gasteiger charge is -2.16. The highest BCUT2D eigenvalue weighted by atomic mass is 19.4. The van der Waals surface area contributed by atoms with Crippen molar-refractivity contribution >= 4 is 23.3 Å². The van der Waals surface area contributed by atoms with Gasteiger partial charge in [0.05, 0.1) is 16.2 Å². The number of hydrogen-bond donors (Lipinski definition) is 2. The van der Waals surface area contributed by atoms with Crippen LogP contribution >= 0.6 is 0 Å². The van der Waals surface area contributed by atoms with Crippen LogP contribution in [-0.4, -0.2) is 27.9 Å². The highest BCUT2D eigenvalue weighted by Crippen LogP contribution is 2.37. The van der Waals surface area contributed by atoms with Gasteiger partial charge in [0, 0.05) is 18.3 Å². The zero-order valence-corrected chi connectivity index (χ0v) is 13.2. The summed E-state index contributed by atoms with van der Waals surface area (Å²) >= 11 is 0. The van der Waals surface area contributed by atoms with Crippen LogP contribution in [0.1, 0.15) is 23.0 Å². The van der Waals surface area contributed by atoms with E-state index in [1.807, 2.05) is 5.32 Å². The van der Waals surface area contributed by atoms with Crippen LogP contribution in [0.5, 0.6) is 0 Å². The third-order valence-corrected chi connectivity index (χ3v) is 3.25. The van der Waals surface area contributed by atoms with E-state index in [1.165, 1.54) is 25.3 Å². The van der Waals surface area contributed by atoms with Crippen molar-refractivity contribution in [1.82, 2.24) is 4.98 Å². The summed E-state index contributed by atoms with van der Waals surface area (Å²) in [5, 5.41) is 12.6. The number of aromatic nitrogens is 1. The zero-order chi connectivity index (χ0) is 19.5. The molecule has 0 aliphatic carbocycles. The number of rotatable bonds is 5. The largest absolute Gasteiger partial charge is 0.448 e. The Morgan fingerprint density at radius 1 is 1.31 bits per heavy atom. The van der Waals surface area contributed by atoms with Gasteiger partial charge in [0.2, 0.25) is 0 Å². The summed E-state index contributed by atoms with van der Waals surface area (Å²) in [4.78, 5) is 36.0. The summed E-state index contributed by atoms with van der Waals surface area (Å²) < 4.78 is 44.1. The molecule has 0 aliphatic heterocycles. The Kier molecular flexibility index (Phi) is 5.29. The first-order chi connectivity index (χ1) is 12.1. The van der Waals surface area contributed by atoms with E-state index in [1.54, 1.807) is 0 Å². The van der Waals surface area contributed by atoms with E-state index < -0.39 is 46.0 Å². The Balaban J connectivity index is 2.17. The van der Waals surface area contributed by atoms with Crippen LogP contribution in [0.4, 0.5) is 24.5 Å². The topological polar surface area (TPSA) is 114 Å². The molecule has 138 valence electrons. The number of non-ortho nitro benzene ring substituents is 1. The van der Waals surface area contributed by atoms with Crippen molar-refractivity contribution in [2.24, 2.45) is 0 Å². The Morgan fingerprint density at radius 3 is 2.54 bits per heavy atom. The minimum atomic E-state index is -4.93. The summed E-state index contributed by atoms with van der Waals surface area (Å²) in [6.07, 6.45) is -4.88. The lowest BCUT2D eigenvalue weighted by Crippen LogP contribution is -2.31. The molecule has 26 heavy (non-hydrogen) atoms. The van der Waals surface area contributed by atoms with Gasteiger partial charge in [0.25, 0.3) is 11.6 Å². The number of esters is 1. The molecule has 1 atom stereocenters. The van der Waals surface area contributed by atoms with E-state index in [0.29, 0.717) is 6.07 Å². The second-order valence-electron chi connectivity index (χ2n) is 5.11. The van der Waals surface area contributed by atoms with Crippen LogP contribution in [0.25, 0.3) is 0 Å². The van der Waals surface area contributed by atoms with E-state index in [0.717, 1.165) is 12.1 Å². The molecular weight excluding hydrogens is 359 g/mol. The zero-order valence-electron chi connectivity index (χ0n) is 13.2. The van der Waals surface area contributed by atoms with Crippen molar-refractivity contribution in [1.29, 1.82) is 0 Å². The van der Waals surface area contributed by atoms with Gasteiger partial charge in [0.15, 0.2) is 6.10 Å². The smallest absolute Gasteiger partial charge is 0.418 e. The standard InChI is InChI=1S/C15H12F3N3O5/c1-8(26-14(23)12-3-2-6-19-12)13(22)20-11-5-4-9(21(24)25)7-10(11)15(16,17)18/h2-8,19H,1H3,(H,20,22)/t8-/m1/s1. The molecule has 0 fully saturated rings. The lowest BCUT2D eigenvalue weighted by molar-refractivity contribution is -0.385. The second-order valence-corrected chi connectivity index (χ2v) is 5.11. The van der Waals surface area contributed by atoms with Crippen molar-refractivity contribution in [3.63, 3.8) is 0 Å². The molecule has 0 saturated heterocycles. The van der Waals surface area contributed by atoms with E-state index >= 15 is 0 Å². The molecule has 1 amide bonds. The Morgan fingerprint density at radius 2 is 2.00 bits per heavy atom. The SMILES string of the molecule is C[C@@H](OC(=O)c1ccc[nH]1)C(=O)Nc1ccc([N+](=O)[O-])cc1C(F)(F)F. The number of nitro groups is 1. The average Bonchev–Trinajstić information content (AvgIpc) is 3.08. The molecule has 2 rings (SSSR count). The third-order valence-electron chi connectivity index (χ3n) is 3.25. The van der Waals surface area contributed by atoms with Crippen LogP contribution in [-0.2, 0) is 15.7 Å². The monoisotopic (exact) mass is 371 g/mol. The fourth-order valence-electron chi connectivity index (χ4n) is 1.96. The van der Waals surface area contributed by atoms with Crippen molar-refractivity contribution in [3.8, 4) is 0 Å². The van der Waals surface area contributed by atoms with E-state index in [4.69, 9.17) is 4.74 Å². The molecule has 0 saturated carbocycles. The quantitative estimate of drug-likeness (QED) is 0.476. The van der Waals surface area contributed by atoms with Crippen LogP contribution in [0.15, 0.2) is 36.5 Å². The molecule has 0 radical (unpaired) electrons. The van der Waals surface area contributed by atoms with E-state index in [2.05, 4.69) is 4.98 Å². The number of nitro benzene ring substituents is 1. The number of aromatic amines is 1. The molecule has 1 heterocycles. The van der Waals surface area contributed by atoms with Crippen molar-refractivity contribution in [2.75, 3.05) is 5.32 Å². The number of hydrogen-bond acceptors (Lipinski definition) is 5. The number of H-pyrrole nitrogens is 1. The van der Waals surface area contributed by atoms with Crippen LogP contribution < -0.4 is 5.32 Å². The average molecular weight is 371 g/mol. The van der Waals surface area contributed by atoms with E-state index in [-0.39, 0.29) is 5.69 Å². The van der Waals surface area contributed by atoms with Crippen LogP contribution in [0, 0.1) is 10.1 Å². The van der Waals surface area contributed by atoms with Gasteiger partial charge < -0.3 is 15.0 Å². The Bertz CT molecular complexity index is 834. The maximum Gasteiger partial charge on any atom is 0.418 e. The molecule has 0 aliphatic rings. The molecule has 0 spiro atoms. The molecule has 2 aromatic rings. The van der Waals surface area contributed by atoms with Crippen LogP contribution in [0.2, 0.25) is 0 Å². The number of ether oxygens (including phenoxy) is 1. The van der Waals surface area contributed by atoms with Gasteiger partial charge in [-0.1, -0.05) is 0 Å². The molecule has 11 heteroatoms. The molecular formula is C15H12F3N3O5. The summed E-state index contributed by atoms with van der Waals surface area (Å²) in [5.74, 6) is -1.89. The summed E-state index contributed by atoms with van der Waals surface area (Å²) in [6, 6.07) is 4.81. The number of amides is 1. The molecule has 0 bridgehead atoms. The third kappa shape index (κ3) is 4.37. The normalized spacial score (nSPS) is 12.3. The first-order valence-corrected chi connectivity index (χ1v) is 7.10. The predicted octanol–water partition coefficient (Wildman–Crippen LogP) is 3.13. The first-order valence-electron chi connectivity index (χ1n) is 7.10. The summed E-state index contributed by atoms with van der Waals surface area (Å²) in [7, 11) is 0. The van der Waals surface area contributed by atoms with Gasteiger partial charge in [-0.05, 0) is 25.1 Å². The maximum absolute atomic E-state index is 13.1. The number of nitrogens with zero attached hydrogens (tertiary/aromatic N) is 1. The van der Waals surface area contributed by atoms with Gasteiger partial charge in [-0.3, -0.25) is 14.9 Å². The molecule has 0 unspecified atom stereocenters. The Hall–Kier alpha value is -3.37. The van der Waals surface area contributed by atoms with E-state index in [9.17, 15) is 32.9 Å². The minimum Gasteiger partial charge on any atom is -0.448 e. The second kappa shape index (κ2) is 7.25. The molecule has 2 N–H and O–H groups in total. The fraction of sp³-hybridized carbons (Fsp3) is 0.200. The number of nitrogens with one attached hydrogen (secondary N) is 2. The highest BCUT2D eigenvalue weighted by molar-refractivity contribution is 5.97. The fourth-order valence-corrected chi connectivity index (χ4v) is 1.96. The number of anilines is 1. The molecule has 1 aromatic carbocycles. The number of benzene rings is 1.